The summed E-state index contributed by atoms with van der Waals surface area (Å²) in [4.78, 5) is 38.1. The fourth-order valence-corrected chi connectivity index (χ4v) is 8.70. The second-order valence-electron chi connectivity index (χ2n) is 20.5. The lowest BCUT2D eigenvalue weighted by atomic mass is 10.0. The van der Waals surface area contributed by atoms with Crippen LogP contribution in [0.4, 0.5) is 0 Å². The highest BCUT2D eigenvalue weighted by Gasteiger charge is 2.19. The molecule has 0 aromatic carbocycles. The fourth-order valence-electron chi connectivity index (χ4n) is 8.70. The molecular formula is C57H110O6. The van der Waals surface area contributed by atoms with Gasteiger partial charge in [-0.3, -0.25) is 14.4 Å². The maximum Gasteiger partial charge on any atom is 0.306 e. The van der Waals surface area contributed by atoms with Crippen molar-refractivity contribution in [3.63, 3.8) is 0 Å². The van der Waals surface area contributed by atoms with E-state index in [1.54, 1.807) is 0 Å². The Morgan fingerprint density at radius 3 is 0.778 bits per heavy atom. The molecule has 0 N–H and O–H groups in total. The molecule has 1 atom stereocenters. The first-order chi connectivity index (χ1) is 30.7. The Balaban J connectivity index is 4.29. The number of carbonyl (C=O) groups excluding carboxylic acids is 3. The van der Waals surface area contributed by atoms with Crippen molar-refractivity contribution in [2.75, 3.05) is 13.2 Å². The largest absolute Gasteiger partial charge is 0.462 e. The molecule has 0 unspecified atom stereocenters. The minimum absolute atomic E-state index is 0.0630. The Morgan fingerprint density at radius 2 is 0.524 bits per heavy atom. The van der Waals surface area contributed by atoms with Gasteiger partial charge in [0.1, 0.15) is 13.2 Å². The van der Waals surface area contributed by atoms with Gasteiger partial charge in [0.2, 0.25) is 0 Å². The van der Waals surface area contributed by atoms with Gasteiger partial charge in [-0.15, -0.1) is 0 Å². The zero-order valence-electron chi connectivity index (χ0n) is 43.2. The Hall–Kier alpha value is -1.59. The third-order valence-corrected chi connectivity index (χ3v) is 13.0. The molecule has 0 fully saturated rings. The highest BCUT2D eigenvalue weighted by Crippen LogP contribution is 2.18. The lowest BCUT2D eigenvalue weighted by Gasteiger charge is -2.18. The summed E-state index contributed by atoms with van der Waals surface area (Å²) >= 11 is 0. The highest BCUT2D eigenvalue weighted by molar-refractivity contribution is 5.71. The van der Waals surface area contributed by atoms with Crippen molar-refractivity contribution in [2.24, 2.45) is 11.8 Å². The van der Waals surface area contributed by atoms with Gasteiger partial charge in [0.05, 0.1) is 0 Å². The molecule has 0 amide bonds. The first-order valence-corrected chi connectivity index (χ1v) is 28.2. The molecule has 6 heteroatoms. The normalized spacial score (nSPS) is 12.0. The summed E-state index contributed by atoms with van der Waals surface area (Å²) in [6.45, 7) is 11.4. The van der Waals surface area contributed by atoms with Crippen molar-refractivity contribution in [3.05, 3.63) is 0 Å². The second kappa shape index (κ2) is 49.8. The number of carbonyl (C=O) groups is 3. The van der Waals surface area contributed by atoms with E-state index in [4.69, 9.17) is 14.2 Å². The molecule has 0 saturated heterocycles. The average Bonchev–Trinajstić information content (AvgIpc) is 3.25. The third kappa shape index (κ3) is 51.3. The summed E-state index contributed by atoms with van der Waals surface area (Å²) in [5.74, 6) is 0.810. The number of esters is 3. The topological polar surface area (TPSA) is 78.9 Å². The van der Waals surface area contributed by atoms with Gasteiger partial charge in [-0.05, 0) is 31.1 Å². The SMILES string of the molecule is CCCCCCCCCCCCCCCCCCC(=O)OC[C@@H](COC(=O)CCCCCCCCCCCC(C)C)OC(=O)CCCCCCCCCCCCCCCCC(C)C. The zero-order chi connectivity index (χ0) is 46.1. The van der Waals surface area contributed by atoms with Crippen molar-refractivity contribution in [1.29, 1.82) is 0 Å². The van der Waals surface area contributed by atoms with Crippen LogP contribution in [0.5, 0.6) is 0 Å². The first kappa shape index (κ1) is 61.4. The van der Waals surface area contributed by atoms with E-state index in [1.807, 2.05) is 0 Å². The van der Waals surface area contributed by atoms with E-state index < -0.39 is 6.10 Å². The fraction of sp³-hybridized carbons (Fsp3) is 0.947. The van der Waals surface area contributed by atoms with Crippen LogP contribution in [0, 0.1) is 11.8 Å². The number of hydrogen-bond donors (Lipinski definition) is 0. The molecule has 6 nitrogen and oxygen atoms in total. The summed E-state index contributed by atoms with van der Waals surface area (Å²) in [6.07, 6.45) is 52.4. The predicted molar refractivity (Wildman–Crippen MR) is 270 cm³/mol. The summed E-state index contributed by atoms with van der Waals surface area (Å²) < 4.78 is 16.9. The van der Waals surface area contributed by atoms with Gasteiger partial charge in [-0.1, -0.05) is 279 Å². The van der Waals surface area contributed by atoms with E-state index in [9.17, 15) is 14.4 Å². The lowest BCUT2D eigenvalue weighted by Crippen LogP contribution is -2.30. The molecular weight excluding hydrogens is 781 g/mol. The average molecular weight is 892 g/mol. The summed E-state index contributed by atoms with van der Waals surface area (Å²) in [5.41, 5.74) is 0. The van der Waals surface area contributed by atoms with E-state index >= 15 is 0 Å². The van der Waals surface area contributed by atoms with Crippen molar-refractivity contribution in [2.45, 2.75) is 323 Å². The van der Waals surface area contributed by atoms with Crippen LogP contribution in [0.15, 0.2) is 0 Å². The summed E-state index contributed by atoms with van der Waals surface area (Å²) in [6, 6.07) is 0. The van der Waals surface area contributed by atoms with E-state index in [1.165, 1.54) is 205 Å². The Bertz CT molecular complexity index is 962. The number of hydrogen-bond acceptors (Lipinski definition) is 6. The van der Waals surface area contributed by atoms with Crippen LogP contribution in [0.3, 0.4) is 0 Å². The first-order valence-electron chi connectivity index (χ1n) is 28.2. The third-order valence-electron chi connectivity index (χ3n) is 13.0. The lowest BCUT2D eigenvalue weighted by molar-refractivity contribution is -0.167. The smallest absolute Gasteiger partial charge is 0.306 e. The maximum absolute atomic E-state index is 12.8. The van der Waals surface area contributed by atoms with Crippen molar-refractivity contribution in [3.8, 4) is 0 Å². The molecule has 0 spiro atoms. The van der Waals surface area contributed by atoms with Crippen molar-refractivity contribution >= 4 is 17.9 Å². The Morgan fingerprint density at radius 1 is 0.302 bits per heavy atom. The zero-order valence-corrected chi connectivity index (χ0v) is 43.2. The molecule has 0 bridgehead atoms. The van der Waals surface area contributed by atoms with Crippen LogP contribution in [-0.4, -0.2) is 37.2 Å². The quantitative estimate of drug-likeness (QED) is 0.0344. The molecule has 0 aromatic heterocycles. The highest BCUT2D eigenvalue weighted by atomic mass is 16.6. The van der Waals surface area contributed by atoms with E-state index in [0.29, 0.717) is 19.3 Å². The Labute approximate surface area is 393 Å². The number of unbranched alkanes of at least 4 members (excludes halogenated alkanes) is 36. The summed E-state index contributed by atoms with van der Waals surface area (Å²) in [5, 5.41) is 0. The van der Waals surface area contributed by atoms with Gasteiger partial charge in [-0.25, -0.2) is 0 Å². The maximum atomic E-state index is 12.8. The van der Waals surface area contributed by atoms with Gasteiger partial charge in [0, 0.05) is 19.3 Å². The number of ether oxygens (including phenoxy) is 3. The van der Waals surface area contributed by atoms with Gasteiger partial charge < -0.3 is 14.2 Å². The van der Waals surface area contributed by atoms with Crippen LogP contribution in [0.1, 0.15) is 317 Å². The molecule has 374 valence electrons. The van der Waals surface area contributed by atoms with Crippen LogP contribution in [0.2, 0.25) is 0 Å². The van der Waals surface area contributed by atoms with E-state index in [0.717, 1.165) is 69.6 Å². The standard InChI is InChI=1S/C57H110O6/c1-6-7-8-9-10-11-12-13-14-15-19-22-27-32-37-42-47-55(58)61-50-54(51-62-56(59)48-43-38-33-29-24-26-31-36-41-46-53(4)5)63-57(60)49-44-39-34-28-23-20-17-16-18-21-25-30-35-40-45-52(2)3/h52-54H,6-51H2,1-5H3/t54-/m0/s1. The van der Waals surface area contributed by atoms with Gasteiger partial charge in [-0.2, -0.15) is 0 Å². The predicted octanol–water partition coefficient (Wildman–Crippen LogP) is 18.5. The van der Waals surface area contributed by atoms with Gasteiger partial charge in [0.15, 0.2) is 6.10 Å². The van der Waals surface area contributed by atoms with E-state index in [2.05, 4.69) is 34.6 Å². The minimum atomic E-state index is -0.762. The van der Waals surface area contributed by atoms with Crippen molar-refractivity contribution < 1.29 is 28.6 Å². The molecule has 0 aliphatic rings. The van der Waals surface area contributed by atoms with Crippen molar-refractivity contribution in [1.82, 2.24) is 0 Å². The van der Waals surface area contributed by atoms with Gasteiger partial charge >= 0.3 is 17.9 Å². The van der Waals surface area contributed by atoms with Crippen LogP contribution < -0.4 is 0 Å². The second-order valence-corrected chi connectivity index (χ2v) is 20.5. The molecule has 0 aliphatic carbocycles. The molecule has 0 saturated carbocycles. The molecule has 0 aliphatic heterocycles. The monoisotopic (exact) mass is 891 g/mol. The van der Waals surface area contributed by atoms with Crippen LogP contribution in [0.25, 0.3) is 0 Å². The molecule has 0 rings (SSSR count). The Kier molecular flexibility index (Phi) is 48.6. The molecule has 0 aromatic rings. The minimum Gasteiger partial charge on any atom is -0.462 e. The number of rotatable bonds is 51. The van der Waals surface area contributed by atoms with E-state index in [-0.39, 0.29) is 31.1 Å². The molecule has 63 heavy (non-hydrogen) atoms. The van der Waals surface area contributed by atoms with Gasteiger partial charge in [0.25, 0.3) is 0 Å². The van der Waals surface area contributed by atoms with Crippen LogP contribution >= 0.6 is 0 Å². The van der Waals surface area contributed by atoms with Crippen LogP contribution in [-0.2, 0) is 28.6 Å². The molecule has 0 heterocycles. The molecule has 0 radical (unpaired) electrons. The summed E-state index contributed by atoms with van der Waals surface area (Å²) in [7, 11) is 0.